The molecule has 0 aliphatic carbocycles. The summed E-state index contributed by atoms with van der Waals surface area (Å²) >= 11 is 5.40. The SMILES string of the molecule is CC(CCNC(=O)NC(=O)CCCl)c1ccccc1. The highest BCUT2D eigenvalue weighted by Crippen LogP contribution is 2.17. The molecule has 0 fully saturated rings. The van der Waals surface area contributed by atoms with Gasteiger partial charge in [-0.05, 0) is 17.9 Å². The van der Waals surface area contributed by atoms with E-state index in [0.717, 1.165) is 6.42 Å². The first kappa shape index (κ1) is 15.5. The number of imide groups is 1. The fourth-order valence-corrected chi connectivity index (χ4v) is 1.84. The summed E-state index contributed by atoms with van der Waals surface area (Å²) in [5.74, 6) is 0.216. The Bertz CT molecular complexity index is 409. The predicted molar refractivity (Wildman–Crippen MR) is 76.4 cm³/mol. The van der Waals surface area contributed by atoms with E-state index in [1.165, 1.54) is 5.56 Å². The number of urea groups is 1. The summed E-state index contributed by atoms with van der Waals surface area (Å²) in [4.78, 5) is 22.5. The Morgan fingerprint density at radius 3 is 2.58 bits per heavy atom. The van der Waals surface area contributed by atoms with E-state index in [0.29, 0.717) is 12.5 Å². The molecule has 0 saturated heterocycles. The molecule has 0 radical (unpaired) electrons. The number of amides is 3. The van der Waals surface area contributed by atoms with Gasteiger partial charge in [0.1, 0.15) is 0 Å². The second-order valence-corrected chi connectivity index (χ2v) is 4.72. The molecule has 4 nitrogen and oxygen atoms in total. The summed E-state index contributed by atoms with van der Waals surface area (Å²) in [7, 11) is 0. The van der Waals surface area contributed by atoms with Crippen molar-refractivity contribution in [1.82, 2.24) is 10.6 Å². The molecular formula is C14H19ClN2O2. The first-order valence-corrected chi connectivity index (χ1v) is 6.85. The van der Waals surface area contributed by atoms with Gasteiger partial charge >= 0.3 is 6.03 Å². The third-order valence-electron chi connectivity index (χ3n) is 2.81. The molecule has 1 atom stereocenters. The zero-order valence-electron chi connectivity index (χ0n) is 11.0. The number of carbonyl (C=O) groups excluding carboxylic acids is 2. The van der Waals surface area contributed by atoms with E-state index in [2.05, 4.69) is 29.7 Å². The summed E-state index contributed by atoms with van der Waals surface area (Å²) in [6.45, 7) is 2.63. The molecule has 19 heavy (non-hydrogen) atoms. The summed E-state index contributed by atoms with van der Waals surface area (Å²) in [6.07, 6.45) is 0.969. The van der Waals surface area contributed by atoms with Crippen molar-refractivity contribution in [1.29, 1.82) is 0 Å². The Balaban J connectivity index is 2.23. The first-order chi connectivity index (χ1) is 9.13. The number of halogens is 1. The van der Waals surface area contributed by atoms with Gasteiger partial charge in [0.05, 0.1) is 0 Å². The molecule has 1 rings (SSSR count). The van der Waals surface area contributed by atoms with Gasteiger partial charge in [-0.1, -0.05) is 37.3 Å². The minimum atomic E-state index is -0.463. The molecule has 0 bridgehead atoms. The molecular weight excluding hydrogens is 264 g/mol. The van der Waals surface area contributed by atoms with E-state index < -0.39 is 6.03 Å². The minimum absolute atomic E-state index is 0.148. The second-order valence-electron chi connectivity index (χ2n) is 4.34. The van der Waals surface area contributed by atoms with Crippen LogP contribution in [0.5, 0.6) is 0 Å². The summed E-state index contributed by atoms with van der Waals surface area (Å²) < 4.78 is 0. The van der Waals surface area contributed by atoms with Crippen LogP contribution in [0.4, 0.5) is 4.79 Å². The maximum atomic E-state index is 11.4. The van der Waals surface area contributed by atoms with E-state index in [1.54, 1.807) is 0 Å². The van der Waals surface area contributed by atoms with Crippen molar-refractivity contribution in [2.45, 2.75) is 25.7 Å². The molecule has 104 valence electrons. The highest BCUT2D eigenvalue weighted by Gasteiger charge is 2.08. The van der Waals surface area contributed by atoms with Gasteiger partial charge in [0.2, 0.25) is 5.91 Å². The molecule has 1 aromatic rings. The fourth-order valence-electron chi connectivity index (χ4n) is 1.67. The average molecular weight is 283 g/mol. The van der Waals surface area contributed by atoms with Crippen LogP contribution in [0, 0.1) is 0 Å². The van der Waals surface area contributed by atoms with E-state index in [4.69, 9.17) is 11.6 Å². The lowest BCUT2D eigenvalue weighted by Gasteiger charge is -2.12. The number of hydrogen-bond donors (Lipinski definition) is 2. The zero-order chi connectivity index (χ0) is 14.1. The number of hydrogen-bond acceptors (Lipinski definition) is 2. The topological polar surface area (TPSA) is 58.2 Å². The van der Waals surface area contributed by atoms with Crippen molar-refractivity contribution in [2.24, 2.45) is 0 Å². The van der Waals surface area contributed by atoms with Crippen molar-refractivity contribution < 1.29 is 9.59 Å². The lowest BCUT2D eigenvalue weighted by molar-refractivity contribution is -0.119. The van der Waals surface area contributed by atoms with Gasteiger partial charge in [-0.3, -0.25) is 10.1 Å². The van der Waals surface area contributed by atoms with E-state index in [-0.39, 0.29) is 18.2 Å². The Labute approximate surface area is 118 Å². The third kappa shape index (κ3) is 6.25. The van der Waals surface area contributed by atoms with Crippen LogP contribution in [0.2, 0.25) is 0 Å². The van der Waals surface area contributed by atoms with Crippen LogP contribution in [0.1, 0.15) is 31.2 Å². The Kier molecular flexibility index (Phi) is 6.97. The van der Waals surface area contributed by atoms with Crippen LogP contribution in [0.25, 0.3) is 0 Å². The van der Waals surface area contributed by atoms with Gasteiger partial charge in [-0.25, -0.2) is 4.79 Å². The summed E-state index contributed by atoms with van der Waals surface area (Å²) in [6, 6.07) is 9.64. The van der Waals surface area contributed by atoms with Crippen molar-refractivity contribution in [3.8, 4) is 0 Å². The molecule has 1 unspecified atom stereocenters. The molecule has 2 N–H and O–H groups in total. The molecule has 0 saturated carbocycles. The van der Waals surface area contributed by atoms with E-state index in [9.17, 15) is 9.59 Å². The second kappa shape index (κ2) is 8.53. The summed E-state index contributed by atoms with van der Waals surface area (Å²) in [5.41, 5.74) is 1.24. The van der Waals surface area contributed by atoms with Crippen molar-refractivity contribution >= 4 is 23.5 Å². The first-order valence-electron chi connectivity index (χ1n) is 6.32. The number of rotatable bonds is 6. The minimum Gasteiger partial charge on any atom is -0.338 e. The van der Waals surface area contributed by atoms with Crippen LogP contribution < -0.4 is 10.6 Å². The standard InChI is InChI=1S/C14H19ClN2O2/c1-11(12-5-3-2-4-6-12)8-10-16-14(19)17-13(18)7-9-15/h2-6,11H,7-10H2,1H3,(H2,16,17,18,19). The van der Waals surface area contributed by atoms with Gasteiger partial charge in [0.25, 0.3) is 0 Å². The highest BCUT2D eigenvalue weighted by molar-refractivity contribution is 6.19. The van der Waals surface area contributed by atoms with Crippen molar-refractivity contribution in [3.05, 3.63) is 35.9 Å². The fraction of sp³-hybridized carbons (Fsp3) is 0.429. The molecule has 0 aliphatic rings. The van der Waals surface area contributed by atoms with E-state index >= 15 is 0 Å². The summed E-state index contributed by atoms with van der Waals surface area (Å²) in [5, 5.41) is 4.88. The Morgan fingerprint density at radius 2 is 1.95 bits per heavy atom. The van der Waals surface area contributed by atoms with Gasteiger partial charge in [0.15, 0.2) is 0 Å². The number of alkyl halides is 1. The molecule has 1 aromatic carbocycles. The van der Waals surface area contributed by atoms with Gasteiger partial charge in [0, 0.05) is 18.8 Å². The monoisotopic (exact) mass is 282 g/mol. The molecule has 3 amide bonds. The van der Waals surface area contributed by atoms with E-state index in [1.807, 2.05) is 18.2 Å². The van der Waals surface area contributed by atoms with Crippen LogP contribution in [0.3, 0.4) is 0 Å². The molecule has 0 spiro atoms. The van der Waals surface area contributed by atoms with Crippen LogP contribution in [0.15, 0.2) is 30.3 Å². The molecule has 5 heteroatoms. The van der Waals surface area contributed by atoms with Crippen molar-refractivity contribution in [3.63, 3.8) is 0 Å². The molecule has 0 heterocycles. The molecule has 0 aromatic heterocycles. The van der Waals surface area contributed by atoms with Gasteiger partial charge < -0.3 is 5.32 Å². The maximum Gasteiger partial charge on any atom is 0.321 e. The van der Waals surface area contributed by atoms with Crippen LogP contribution in [-0.2, 0) is 4.79 Å². The van der Waals surface area contributed by atoms with Crippen LogP contribution in [-0.4, -0.2) is 24.4 Å². The maximum absolute atomic E-state index is 11.4. The predicted octanol–water partition coefficient (Wildman–Crippen LogP) is 2.63. The normalized spacial score (nSPS) is 11.7. The Hall–Kier alpha value is -1.55. The third-order valence-corrected chi connectivity index (χ3v) is 3.00. The van der Waals surface area contributed by atoms with Gasteiger partial charge in [-0.2, -0.15) is 0 Å². The molecule has 0 aliphatic heterocycles. The quantitative estimate of drug-likeness (QED) is 0.788. The number of benzene rings is 1. The highest BCUT2D eigenvalue weighted by atomic mass is 35.5. The van der Waals surface area contributed by atoms with Gasteiger partial charge in [-0.15, -0.1) is 11.6 Å². The lowest BCUT2D eigenvalue weighted by Crippen LogP contribution is -2.40. The largest absolute Gasteiger partial charge is 0.338 e. The number of nitrogens with one attached hydrogen (secondary N) is 2. The average Bonchev–Trinajstić information content (AvgIpc) is 2.39. The lowest BCUT2D eigenvalue weighted by atomic mass is 9.98. The van der Waals surface area contributed by atoms with Crippen molar-refractivity contribution in [2.75, 3.05) is 12.4 Å². The zero-order valence-corrected chi connectivity index (χ0v) is 11.7. The number of carbonyl (C=O) groups is 2. The van der Waals surface area contributed by atoms with Crippen LogP contribution >= 0.6 is 11.6 Å². The Morgan fingerprint density at radius 1 is 1.26 bits per heavy atom. The smallest absolute Gasteiger partial charge is 0.321 e.